The van der Waals surface area contributed by atoms with Gasteiger partial charge in [0.05, 0.1) is 16.8 Å². The van der Waals surface area contributed by atoms with E-state index in [1.54, 1.807) is 4.90 Å². The van der Waals surface area contributed by atoms with Gasteiger partial charge in [0, 0.05) is 25.7 Å². The van der Waals surface area contributed by atoms with Crippen LogP contribution in [0.25, 0.3) is 0 Å². The topological polar surface area (TPSA) is 174 Å². The van der Waals surface area contributed by atoms with E-state index in [0.29, 0.717) is 58.2 Å². The summed E-state index contributed by atoms with van der Waals surface area (Å²) in [6.45, 7) is 7.20. The largest absolute Gasteiger partial charge is 0.347 e. The fraction of sp³-hybridized carbons (Fsp3) is 0.865. The smallest absolute Gasteiger partial charge is 0.315 e. The molecule has 0 aromatic heterocycles. The van der Waals surface area contributed by atoms with Crippen molar-refractivity contribution in [2.45, 2.75) is 165 Å². The molecule has 14 heteroatoms. The number of amides is 5. The summed E-state index contributed by atoms with van der Waals surface area (Å²) < 4.78 is 28.6. The van der Waals surface area contributed by atoms with E-state index in [4.69, 9.17) is 0 Å². The lowest BCUT2D eigenvalue weighted by Gasteiger charge is -2.42. The Labute approximate surface area is 303 Å². The van der Waals surface area contributed by atoms with Crippen molar-refractivity contribution < 1.29 is 32.4 Å². The predicted molar refractivity (Wildman–Crippen MR) is 192 cm³/mol. The first-order chi connectivity index (χ1) is 24.3. The normalized spacial score (nSPS) is 34.1. The van der Waals surface area contributed by atoms with Crippen molar-refractivity contribution in [2.75, 3.05) is 19.6 Å². The zero-order valence-electron chi connectivity index (χ0n) is 30.8. The van der Waals surface area contributed by atoms with Crippen molar-refractivity contribution in [1.82, 2.24) is 30.5 Å². The van der Waals surface area contributed by atoms with Crippen molar-refractivity contribution in [3.63, 3.8) is 0 Å². The Hall–Kier alpha value is -2.74. The second-order valence-corrected chi connectivity index (χ2v) is 18.9. The van der Waals surface area contributed by atoms with Crippen LogP contribution in [0.1, 0.15) is 130 Å². The third-order valence-electron chi connectivity index (χ3n) is 13.1. The molecular formula is C37H60N6O7S. The van der Waals surface area contributed by atoms with E-state index < -0.39 is 62.6 Å². The van der Waals surface area contributed by atoms with Gasteiger partial charge >= 0.3 is 6.03 Å². The van der Waals surface area contributed by atoms with Crippen molar-refractivity contribution in [2.24, 2.45) is 17.3 Å². The van der Waals surface area contributed by atoms with Crippen LogP contribution in [0, 0.1) is 17.3 Å². The SMILES string of the molecule is CCN1CC[C@H](C2(NC(=O)N[C@@H]3CCCCCCCCC[C@H](C(=O)C(=O)NC4CC4)NC(=O)[C@@H]4[C@@H]5[C@H](CN4C3=O)C5(C)C)CCCCC2)S1(=O)=O. The van der Waals surface area contributed by atoms with Crippen molar-refractivity contribution in [3.05, 3.63) is 0 Å². The lowest BCUT2D eigenvalue weighted by Crippen LogP contribution is -2.64. The van der Waals surface area contributed by atoms with Crippen LogP contribution in [-0.4, -0.2) is 102 Å². The number of ketones is 1. The van der Waals surface area contributed by atoms with Crippen LogP contribution in [0.15, 0.2) is 0 Å². The molecule has 3 saturated carbocycles. The van der Waals surface area contributed by atoms with E-state index in [9.17, 15) is 32.4 Å². The van der Waals surface area contributed by atoms with Crippen molar-refractivity contribution in [1.29, 1.82) is 0 Å². The lowest BCUT2D eigenvalue weighted by atomic mass is 9.78. The summed E-state index contributed by atoms with van der Waals surface area (Å²) >= 11 is 0. The average Bonchev–Trinajstić information content (AvgIpc) is 3.88. The summed E-state index contributed by atoms with van der Waals surface area (Å²) in [6.07, 6.45) is 12.7. The Morgan fingerprint density at radius 2 is 1.47 bits per heavy atom. The van der Waals surface area contributed by atoms with Gasteiger partial charge in [-0.1, -0.05) is 85.0 Å². The fourth-order valence-corrected chi connectivity index (χ4v) is 12.1. The number of piperidine rings is 1. The highest BCUT2D eigenvalue weighted by Crippen LogP contribution is 2.65. The molecule has 4 N–H and O–H groups in total. The summed E-state index contributed by atoms with van der Waals surface area (Å²) in [5.41, 5.74) is -1.09. The highest BCUT2D eigenvalue weighted by molar-refractivity contribution is 7.90. The predicted octanol–water partition coefficient (Wildman–Crippen LogP) is 3.12. The molecule has 13 nitrogen and oxygen atoms in total. The third kappa shape index (κ3) is 7.96. The van der Waals surface area contributed by atoms with E-state index in [1.807, 2.05) is 6.92 Å². The molecule has 286 valence electrons. The second kappa shape index (κ2) is 15.3. The van der Waals surface area contributed by atoms with Gasteiger partial charge in [0.15, 0.2) is 0 Å². The summed E-state index contributed by atoms with van der Waals surface area (Å²) in [5, 5.41) is 11.1. The Balaban J connectivity index is 1.22. The van der Waals surface area contributed by atoms with Crippen LogP contribution < -0.4 is 21.3 Å². The van der Waals surface area contributed by atoms with Gasteiger partial charge in [-0.3, -0.25) is 19.2 Å². The molecule has 3 saturated heterocycles. The highest BCUT2D eigenvalue weighted by atomic mass is 32.2. The number of carbonyl (C=O) groups is 5. The zero-order chi connectivity index (χ0) is 36.6. The number of hydrogen-bond donors (Lipinski definition) is 4. The number of carbonyl (C=O) groups excluding carboxylic acids is 5. The third-order valence-corrected chi connectivity index (χ3v) is 15.6. The summed E-state index contributed by atoms with van der Waals surface area (Å²) in [4.78, 5) is 70.4. The van der Waals surface area contributed by atoms with Gasteiger partial charge in [-0.25, -0.2) is 17.5 Å². The second-order valence-electron chi connectivity index (χ2n) is 16.8. The van der Waals surface area contributed by atoms with Crippen molar-refractivity contribution in [3.8, 4) is 0 Å². The van der Waals surface area contributed by atoms with E-state index >= 15 is 0 Å². The molecule has 51 heavy (non-hydrogen) atoms. The van der Waals surface area contributed by atoms with Crippen LogP contribution in [0.4, 0.5) is 4.79 Å². The number of fused-ring (bicyclic) bond motifs is 3. The molecule has 5 amide bonds. The molecule has 0 unspecified atom stereocenters. The first kappa shape index (κ1) is 38.0. The molecule has 6 fully saturated rings. The number of nitrogens with zero attached hydrogens (tertiary/aromatic N) is 2. The van der Waals surface area contributed by atoms with Crippen LogP contribution >= 0.6 is 0 Å². The molecular weight excluding hydrogens is 673 g/mol. The molecule has 0 aromatic rings. The van der Waals surface area contributed by atoms with Crippen LogP contribution in [-0.2, 0) is 29.2 Å². The zero-order valence-corrected chi connectivity index (χ0v) is 31.7. The lowest BCUT2D eigenvalue weighted by molar-refractivity contribution is -0.144. The summed E-state index contributed by atoms with van der Waals surface area (Å²) in [6, 6.07) is -3.23. The maximum Gasteiger partial charge on any atom is 0.315 e. The molecule has 6 atom stereocenters. The highest BCUT2D eigenvalue weighted by Gasteiger charge is 2.69. The van der Waals surface area contributed by atoms with E-state index in [0.717, 1.165) is 70.6 Å². The van der Waals surface area contributed by atoms with Gasteiger partial charge in [-0.2, -0.15) is 0 Å². The van der Waals surface area contributed by atoms with E-state index in [-0.39, 0.29) is 29.2 Å². The standard InChI is InChI=1S/C37H60N6O7S/c1-4-42-22-19-28(51(42,49)50)37(20-13-10-14-21-37)41-35(48)40-27-16-12-9-7-5-6-8-11-15-26(31(44)33(46)38-24-17-18-24)39-32(45)30-29-25(36(29,2)3)23-43(30)34(27)47/h24-30H,4-23H2,1-3H3,(H,38,46)(H,39,45)(H2,40,41,48)/t25-,26+,27+,28+,29-,30-/m0/s1. The Bertz CT molecular complexity index is 1460. The Morgan fingerprint density at radius 1 is 0.843 bits per heavy atom. The first-order valence-corrected chi connectivity index (χ1v) is 21.3. The van der Waals surface area contributed by atoms with Gasteiger partial charge in [-0.05, 0) is 62.2 Å². The Kier molecular flexibility index (Phi) is 11.4. The molecule has 0 bridgehead atoms. The average molecular weight is 733 g/mol. The van der Waals surface area contributed by atoms with Gasteiger partial charge in [0.1, 0.15) is 12.1 Å². The number of sulfonamides is 1. The minimum Gasteiger partial charge on any atom is -0.347 e. The molecule has 3 heterocycles. The molecule has 0 spiro atoms. The fourth-order valence-electron chi connectivity index (χ4n) is 9.77. The quantitative estimate of drug-likeness (QED) is 0.291. The van der Waals surface area contributed by atoms with Crippen LogP contribution in [0.5, 0.6) is 0 Å². The summed E-state index contributed by atoms with van der Waals surface area (Å²) in [5.74, 6) is -2.08. The Morgan fingerprint density at radius 3 is 2.10 bits per heavy atom. The van der Waals surface area contributed by atoms with E-state index in [2.05, 4.69) is 35.1 Å². The molecule has 3 aliphatic heterocycles. The van der Waals surface area contributed by atoms with Crippen LogP contribution in [0.2, 0.25) is 0 Å². The molecule has 0 aromatic carbocycles. The van der Waals surface area contributed by atoms with Gasteiger partial charge in [0.25, 0.3) is 5.91 Å². The first-order valence-electron chi connectivity index (χ1n) is 19.8. The summed E-state index contributed by atoms with van der Waals surface area (Å²) in [7, 11) is -3.59. The molecule has 0 radical (unpaired) electrons. The molecule has 6 aliphatic rings. The van der Waals surface area contributed by atoms with Gasteiger partial charge in [-0.15, -0.1) is 0 Å². The minimum absolute atomic E-state index is 0.0162. The van der Waals surface area contributed by atoms with E-state index in [1.165, 1.54) is 4.31 Å². The molecule has 3 aliphatic carbocycles. The van der Waals surface area contributed by atoms with Crippen LogP contribution in [0.3, 0.4) is 0 Å². The van der Waals surface area contributed by atoms with Crippen molar-refractivity contribution >= 4 is 39.6 Å². The minimum atomic E-state index is -3.59. The van der Waals surface area contributed by atoms with Gasteiger partial charge in [0.2, 0.25) is 27.6 Å². The number of Topliss-reactive ketones (excluding diaryl/α,β-unsaturated/α-hetero) is 1. The number of nitrogens with one attached hydrogen (secondary N) is 4. The number of hydrogen-bond acceptors (Lipinski definition) is 7. The monoisotopic (exact) mass is 732 g/mol. The number of rotatable bonds is 7. The maximum absolute atomic E-state index is 14.5. The number of urea groups is 1. The molecule has 6 rings (SSSR count). The van der Waals surface area contributed by atoms with Gasteiger partial charge < -0.3 is 26.2 Å². The maximum atomic E-state index is 14.5.